The first-order valence-corrected chi connectivity index (χ1v) is 4.28. The Hall–Kier alpha value is -1.22. The number of para-hydroxylation sites is 2. The Morgan fingerprint density at radius 2 is 1.92 bits per heavy atom. The maximum atomic E-state index is 11.1. The molecule has 0 atom stereocenters. The zero-order valence-corrected chi connectivity index (χ0v) is 8.15. The normalized spacial score (nSPS) is 10.2. The zero-order chi connectivity index (χ0) is 9.84. The van der Waals surface area contributed by atoms with E-state index in [1.807, 2.05) is 26.0 Å². The van der Waals surface area contributed by atoms with E-state index in [2.05, 4.69) is 0 Å². The molecule has 0 unspecified atom stereocenters. The van der Waals surface area contributed by atoms with Gasteiger partial charge in [0.15, 0.2) is 0 Å². The van der Waals surface area contributed by atoms with Crippen LogP contribution in [0.3, 0.4) is 0 Å². The summed E-state index contributed by atoms with van der Waals surface area (Å²) in [6.45, 7) is 3.86. The van der Waals surface area contributed by atoms with E-state index in [1.54, 1.807) is 12.1 Å². The molecule has 0 spiro atoms. The fourth-order valence-corrected chi connectivity index (χ4v) is 1.07. The van der Waals surface area contributed by atoms with Crippen LogP contribution in [0.1, 0.15) is 13.8 Å². The van der Waals surface area contributed by atoms with Crippen molar-refractivity contribution >= 4 is 5.69 Å². The minimum absolute atomic E-state index is 0.0844. The molecule has 72 valence electrons. The van der Waals surface area contributed by atoms with Crippen LogP contribution in [0.15, 0.2) is 24.3 Å². The Kier molecular flexibility index (Phi) is 3.14. The van der Waals surface area contributed by atoms with Crippen LogP contribution in [0, 0.1) is 5.21 Å². The van der Waals surface area contributed by atoms with E-state index in [0.717, 1.165) is 5.06 Å². The smallest absolute Gasteiger partial charge is 0.142 e. The number of ether oxygens (including phenoxy) is 1. The fourth-order valence-electron chi connectivity index (χ4n) is 1.07. The van der Waals surface area contributed by atoms with Crippen LogP contribution in [0.25, 0.3) is 0 Å². The predicted molar refractivity (Wildman–Crippen MR) is 54.0 cm³/mol. The van der Waals surface area contributed by atoms with Crippen LogP contribution in [0.4, 0.5) is 5.69 Å². The van der Waals surface area contributed by atoms with Gasteiger partial charge in [0, 0.05) is 0 Å². The summed E-state index contributed by atoms with van der Waals surface area (Å²) in [7, 11) is 1.46. The number of hydrogen-bond acceptors (Lipinski definition) is 3. The van der Waals surface area contributed by atoms with Crippen LogP contribution in [-0.4, -0.2) is 13.2 Å². The van der Waals surface area contributed by atoms with Crippen molar-refractivity contribution in [1.82, 2.24) is 0 Å². The van der Waals surface area contributed by atoms with Gasteiger partial charge in [-0.3, -0.25) is 0 Å². The molecule has 3 nitrogen and oxygen atoms in total. The molecule has 0 N–H and O–H groups in total. The van der Waals surface area contributed by atoms with Gasteiger partial charge < -0.3 is 15.0 Å². The summed E-state index contributed by atoms with van der Waals surface area (Å²) in [5, 5.41) is 11.9. The second-order valence-corrected chi connectivity index (χ2v) is 3.13. The summed E-state index contributed by atoms with van der Waals surface area (Å²) in [6, 6.07) is 7.20. The van der Waals surface area contributed by atoms with E-state index in [1.165, 1.54) is 7.05 Å². The van der Waals surface area contributed by atoms with E-state index in [-0.39, 0.29) is 6.10 Å². The van der Waals surface area contributed by atoms with E-state index >= 15 is 0 Å². The lowest BCUT2D eigenvalue weighted by Gasteiger charge is -2.27. The van der Waals surface area contributed by atoms with E-state index in [4.69, 9.17) is 4.74 Å². The predicted octanol–water partition coefficient (Wildman–Crippen LogP) is 2.41. The van der Waals surface area contributed by atoms with Gasteiger partial charge in [-0.25, -0.2) is 0 Å². The summed E-state index contributed by atoms with van der Waals surface area (Å²) in [4.78, 5) is 0. The van der Waals surface area contributed by atoms with Crippen LogP contribution in [0.2, 0.25) is 0 Å². The van der Waals surface area contributed by atoms with Gasteiger partial charge in [-0.15, -0.1) is 0 Å². The maximum Gasteiger partial charge on any atom is 0.142 e. The number of benzene rings is 1. The lowest BCUT2D eigenvalue weighted by atomic mass is 10.3. The topological polar surface area (TPSA) is 35.5 Å². The SMILES string of the molecule is CC(C)Oc1ccccc1N(C)[O-]. The second kappa shape index (κ2) is 4.14. The van der Waals surface area contributed by atoms with Gasteiger partial charge >= 0.3 is 0 Å². The molecule has 3 heteroatoms. The molecule has 0 aliphatic heterocycles. The number of anilines is 1. The molecular formula is C10H14NO2-. The van der Waals surface area contributed by atoms with E-state index in [9.17, 15) is 5.21 Å². The monoisotopic (exact) mass is 180 g/mol. The third kappa shape index (κ3) is 2.63. The molecule has 0 aliphatic rings. The molecular weight excluding hydrogens is 166 g/mol. The van der Waals surface area contributed by atoms with Gasteiger partial charge in [-0.2, -0.15) is 0 Å². The molecule has 0 aromatic heterocycles. The molecule has 0 amide bonds. The molecule has 1 aromatic carbocycles. The highest BCUT2D eigenvalue weighted by molar-refractivity contribution is 5.58. The highest BCUT2D eigenvalue weighted by atomic mass is 16.5. The first-order chi connectivity index (χ1) is 6.11. The second-order valence-electron chi connectivity index (χ2n) is 3.13. The van der Waals surface area contributed by atoms with Gasteiger partial charge in [0.25, 0.3) is 0 Å². The number of nitrogens with zero attached hydrogens (tertiary/aromatic N) is 1. The van der Waals surface area contributed by atoms with Crippen molar-refractivity contribution in [3.8, 4) is 5.75 Å². The first kappa shape index (κ1) is 9.86. The molecule has 0 bridgehead atoms. The fraction of sp³-hybridized carbons (Fsp3) is 0.400. The molecule has 0 fully saturated rings. The van der Waals surface area contributed by atoms with Gasteiger partial charge in [0.05, 0.1) is 11.8 Å². The van der Waals surface area contributed by atoms with Crippen LogP contribution >= 0.6 is 0 Å². The minimum Gasteiger partial charge on any atom is -0.758 e. The summed E-state index contributed by atoms with van der Waals surface area (Å²) in [6.07, 6.45) is 0.0844. The molecule has 0 radical (unpaired) electrons. The highest BCUT2D eigenvalue weighted by Crippen LogP contribution is 2.27. The summed E-state index contributed by atoms with van der Waals surface area (Å²) in [5.74, 6) is 0.634. The van der Waals surface area contributed by atoms with Crippen LogP contribution in [0.5, 0.6) is 5.75 Å². The highest BCUT2D eigenvalue weighted by Gasteiger charge is 2.03. The molecule has 0 saturated heterocycles. The Labute approximate surface area is 78.5 Å². The standard InChI is InChI=1S/C10H14NO2/c1-8(2)13-10-7-5-4-6-9(10)11(3)12/h4-8H,1-3H3/q-1. The van der Waals surface area contributed by atoms with Crippen molar-refractivity contribution in [3.05, 3.63) is 29.5 Å². The van der Waals surface area contributed by atoms with Gasteiger partial charge in [-0.05, 0) is 33.0 Å². The van der Waals surface area contributed by atoms with Gasteiger partial charge in [0.1, 0.15) is 5.75 Å². The van der Waals surface area contributed by atoms with E-state index < -0.39 is 0 Å². The number of rotatable bonds is 3. The number of hydrogen-bond donors (Lipinski definition) is 0. The molecule has 0 heterocycles. The van der Waals surface area contributed by atoms with Crippen molar-refractivity contribution < 1.29 is 4.74 Å². The average molecular weight is 180 g/mol. The first-order valence-electron chi connectivity index (χ1n) is 4.28. The zero-order valence-electron chi connectivity index (χ0n) is 8.15. The van der Waals surface area contributed by atoms with Gasteiger partial charge in [0.2, 0.25) is 0 Å². The van der Waals surface area contributed by atoms with E-state index in [0.29, 0.717) is 11.4 Å². The average Bonchev–Trinajstić information content (AvgIpc) is 2.03. The van der Waals surface area contributed by atoms with Crippen molar-refractivity contribution in [1.29, 1.82) is 0 Å². The van der Waals surface area contributed by atoms with Crippen molar-refractivity contribution in [2.24, 2.45) is 0 Å². The van der Waals surface area contributed by atoms with Crippen molar-refractivity contribution in [3.63, 3.8) is 0 Å². The summed E-state index contributed by atoms with van der Waals surface area (Å²) >= 11 is 0. The van der Waals surface area contributed by atoms with Crippen LogP contribution in [-0.2, 0) is 0 Å². The third-order valence-electron chi connectivity index (χ3n) is 1.57. The summed E-state index contributed by atoms with van der Waals surface area (Å²) < 4.78 is 5.46. The Morgan fingerprint density at radius 3 is 2.46 bits per heavy atom. The Balaban J connectivity index is 2.91. The quantitative estimate of drug-likeness (QED) is 0.670. The molecule has 0 aliphatic carbocycles. The Morgan fingerprint density at radius 1 is 1.31 bits per heavy atom. The molecule has 0 saturated carbocycles. The van der Waals surface area contributed by atoms with Crippen molar-refractivity contribution in [2.75, 3.05) is 12.1 Å². The third-order valence-corrected chi connectivity index (χ3v) is 1.57. The maximum absolute atomic E-state index is 11.1. The Bertz CT molecular complexity index is 271. The lowest BCUT2D eigenvalue weighted by molar-refractivity contribution is 0.243. The largest absolute Gasteiger partial charge is 0.758 e. The van der Waals surface area contributed by atoms with Crippen molar-refractivity contribution in [2.45, 2.75) is 20.0 Å². The lowest BCUT2D eigenvalue weighted by Crippen LogP contribution is -2.11. The van der Waals surface area contributed by atoms with Gasteiger partial charge in [-0.1, -0.05) is 12.1 Å². The minimum atomic E-state index is 0.0844. The van der Waals surface area contributed by atoms with Crippen LogP contribution < -0.4 is 9.80 Å². The molecule has 1 rings (SSSR count). The number of hydroxylamine groups is 1. The summed E-state index contributed by atoms with van der Waals surface area (Å²) in [5.41, 5.74) is 0.566. The molecule has 13 heavy (non-hydrogen) atoms. The molecule has 1 aromatic rings.